The van der Waals surface area contributed by atoms with Crippen molar-refractivity contribution in [3.63, 3.8) is 0 Å². The molecule has 1 heterocycles. The monoisotopic (exact) mass is 333 g/mol. The van der Waals surface area contributed by atoms with E-state index in [0.717, 1.165) is 12.1 Å². The Kier molecular flexibility index (Phi) is 4.11. The highest BCUT2D eigenvalue weighted by Gasteiger charge is 2.34. The van der Waals surface area contributed by atoms with Gasteiger partial charge >= 0.3 is 0 Å². The number of hydrogen-bond donors (Lipinski definition) is 1. The molecule has 1 fully saturated rings. The molecule has 2 aromatic carbocycles. The van der Waals surface area contributed by atoms with Gasteiger partial charge in [-0.25, -0.2) is 8.78 Å². The topological polar surface area (TPSA) is 75.5 Å². The largest absolute Gasteiger partial charge is 0.368 e. The van der Waals surface area contributed by atoms with Crippen LogP contribution >= 0.6 is 0 Å². The smallest absolute Gasteiger partial charge is 0.295 e. The second-order valence-corrected chi connectivity index (χ2v) is 5.35. The van der Waals surface area contributed by atoms with Gasteiger partial charge in [0.1, 0.15) is 23.4 Å². The second kappa shape index (κ2) is 6.23. The van der Waals surface area contributed by atoms with Gasteiger partial charge in [-0.1, -0.05) is 12.1 Å². The molecule has 1 aliphatic rings. The summed E-state index contributed by atoms with van der Waals surface area (Å²) in [4.78, 5) is 24.0. The van der Waals surface area contributed by atoms with E-state index in [1.807, 2.05) is 0 Å². The van der Waals surface area contributed by atoms with Gasteiger partial charge in [-0.05, 0) is 30.7 Å². The van der Waals surface area contributed by atoms with Crippen molar-refractivity contribution in [2.45, 2.75) is 12.5 Å². The molecule has 2 aromatic rings. The van der Waals surface area contributed by atoms with Crippen LogP contribution in [0.3, 0.4) is 0 Å². The molecule has 0 saturated carbocycles. The van der Waals surface area contributed by atoms with E-state index >= 15 is 0 Å². The molecule has 1 aliphatic heterocycles. The van der Waals surface area contributed by atoms with Gasteiger partial charge in [-0.3, -0.25) is 14.9 Å². The summed E-state index contributed by atoms with van der Waals surface area (Å²) >= 11 is 0. The Hall–Kier alpha value is -3.03. The van der Waals surface area contributed by atoms with E-state index in [-0.39, 0.29) is 17.9 Å². The van der Waals surface area contributed by atoms with E-state index in [2.05, 4.69) is 5.32 Å². The van der Waals surface area contributed by atoms with E-state index in [4.69, 9.17) is 0 Å². The van der Waals surface area contributed by atoms with E-state index < -0.39 is 34.2 Å². The van der Waals surface area contributed by atoms with Crippen LogP contribution in [-0.4, -0.2) is 23.4 Å². The van der Waals surface area contributed by atoms with Gasteiger partial charge in [0.2, 0.25) is 5.91 Å². The van der Waals surface area contributed by atoms with Gasteiger partial charge in [-0.2, -0.15) is 0 Å². The molecule has 0 bridgehead atoms. The average Bonchev–Trinajstić information content (AvgIpc) is 2.90. The Labute approximate surface area is 135 Å². The zero-order chi connectivity index (χ0) is 17.3. The molecule has 3 rings (SSSR count). The van der Waals surface area contributed by atoms with E-state index in [1.165, 1.54) is 29.2 Å². The first-order valence-corrected chi connectivity index (χ1v) is 7.24. The Morgan fingerprint density at radius 2 is 1.96 bits per heavy atom. The summed E-state index contributed by atoms with van der Waals surface area (Å²) in [5, 5.41) is 13.8. The third-order valence-electron chi connectivity index (χ3n) is 3.83. The zero-order valence-corrected chi connectivity index (χ0v) is 12.4. The molecule has 0 spiro atoms. The quantitative estimate of drug-likeness (QED) is 0.689. The van der Waals surface area contributed by atoms with Crippen LogP contribution in [0, 0.1) is 21.7 Å². The van der Waals surface area contributed by atoms with Crippen molar-refractivity contribution < 1.29 is 18.5 Å². The maximum Gasteiger partial charge on any atom is 0.295 e. The summed E-state index contributed by atoms with van der Waals surface area (Å²) in [5.74, 6) is -1.64. The Morgan fingerprint density at radius 3 is 2.67 bits per heavy atom. The van der Waals surface area contributed by atoms with Crippen molar-refractivity contribution in [1.29, 1.82) is 0 Å². The van der Waals surface area contributed by atoms with E-state index in [9.17, 15) is 23.7 Å². The lowest BCUT2D eigenvalue weighted by molar-refractivity contribution is -0.384. The average molecular weight is 333 g/mol. The van der Waals surface area contributed by atoms with Crippen LogP contribution in [0.15, 0.2) is 42.5 Å². The van der Waals surface area contributed by atoms with Crippen LogP contribution in [0.25, 0.3) is 0 Å². The third-order valence-corrected chi connectivity index (χ3v) is 3.83. The van der Waals surface area contributed by atoms with Crippen molar-refractivity contribution in [2.24, 2.45) is 0 Å². The fourth-order valence-electron chi connectivity index (χ4n) is 2.69. The SMILES string of the molecule is O=C1C(Nc2ccc(F)cc2[N+](=O)[O-])CCN1c1ccccc1F. The first kappa shape index (κ1) is 15.9. The number of hydrogen-bond acceptors (Lipinski definition) is 4. The molecule has 24 heavy (non-hydrogen) atoms. The molecule has 1 unspecified atom stereocenters. The standard InChI is InChI=1S/C16H13F2N3O3/c17-10-5-6-12(15(9-10)21(23)24)19-13-7-8-20(16(13)22)14-4-2-1-3-11(14)18/h1-6,9,13,19H,7-8H2. The number of benzene rings is 2. The van der Waals surface area contributed by atoms with E-state index in [0.29, 0.717) is 6.42 Å². The van der Waals surface area contributed by atoms with Crippen LogP contribution in [0.1, 0.15) is 6.42 Å². The maximum absolute atomic E-state index is 13.8. The maximum atomic E-state index is 13.8. The highest BCUT2D eigenvalue weighted by molar-refractivity contribution is 6.01. The first-order valence-electron chi connectivity index (χ1n) is 7.24. The number of nitrogens with one attached hydrogen (secondary N) is 1. The molecule has 124 valence electrons. The molecule has 8 heteroatoms. The van der Waals surface area contributed by atoms with Crippen LogP contribution in [0.4, 0.5) is 25.8 Å². The van der Waals surface area contributed by atoms with Crippen LogP contribution in [0.5, 0.6) is 0 Å². The van der Waals surface area contributed by atoms with Crippen LogP contribution < -0.4 is 10.2 Å². The van der Waals surface area contributed by atoms with Gasteiger partial charge in [0.05, 0.1) is 16.7 Å². The predicted molar refractivity (Wildman–Crippen MR) is 83.8 cm³/mol. The highest BCUT2D eigenvalue weighted by atomic mass is 19.1. The molecule has 1 saturated heterocycles. The number of carbonyl (C=O) groups excluding carboxylic acids is 1. The van der Waals surface area contributed by atoms with Crippen LogP contribution in [0.2, 0.25) is 0 Å². The lowest BCUT2D eigenvalue weighted by atomic mass is 10.2. The van der Waals surface area contributed by atoms with Gasteiger partial charge in [0, 0.05) is 6.54 Å². The number of halogens is 2. The Morgan fingerprint density at radius 1 is 1.21 bits per heavy atom. The van der Waals surface area contributed by atoms with Crippen molar-refractivity contribution >= 4 is 23.0 Å². The molecule has 1 atom stereocenters. The van der Waals surface area contributed by atoms with E-state index in [1.54, 1.807) is 6.07 Å². The number of amides is 1. The van der Waals surface area contributed by atoms with Crippen LogP contribution in [-0.2, 0) is 4.79 Å². The number of nitro groups is 1. The minimum Gasteiger partial charge on any atom is -0.368 e. The molecule has 0 aromatic heterocycles. The molecule has 6 nitrogen and oxygen atoms in total. The number of nitrogens with zero attached hydrogens (tertiary/aromatic N) is 2. The van der Waals surface area contributed by atoms with Crippen molar-refractivity contribution in [1.82, 2.24) is 0 Å². The number of anilines is 2. The van der Waals surface area contributed by atoms with Gasteiger partial charge in [0.15, 0.2) is 0 Å². The summed E-state index contributed by atoms with van der Waals surface area (Å²) in [6.45, 7) is 0.284. The van der Waals surface area contributed by atoms with Crippen molar-refractivity contribution in [3.8, 4) is 0 Å². The lowest BCUT2D eigenvalue weighted by Crippen LogP contribution is -2.34. The molecule has 1 N–H and O–H groups in total. The molecule has 0 radical (unpaired) electrons. The molecule has 0 aliphatic carbocycles. The summed E-state index contributed by atoms with van der Waals surface area (Å²) in [7, 11) is 0. The number of rotatable bonds is 4. The Balaban J connectivity index is 1.82. The second-order valence-electron chi connectivity index (χ2n) is 5.35. The van der Waals surface area contributed by atoms with Gasteiger partial charge in [0.25, 0.3) is 5.69 Å². The highest BCUT2D eigenvalue weighted by Crippen LogP contribution is 2.30. The third kappa shape index (κ3) is 2.90. The normalized spacial score (nSPS) is 17.2. The minimum atomic E-state index is -0.742. The number of nitro benzene ring substituents is 1. The summed E-state index contributed by atoms with van der Waals surface area (Å²) < 4.78 is 27.0. The number of carbonyl (C=O) groups is 1. The molecular weight excluding hydrogens is 320 g/mol. The van der Waals surface area contributed by atoms with Crippen molar-refractivity contribution in [3.05, 3.63) is 64.2 Å². The molecular formula is C16H13F2N3O3. The summed E-state index contributed by atoms with van der Waals surface area (Å²) in [6.07, 6.45) is 0.349. The fraction of sp³-hybridized carbons (Fsp3) is 0.188. The van der Waals surface area contributed by atoms with Gasteiger partial charge < -0.3 is 10.2 Å². The summed E-state index contributed by atoms with van der Waals surface area (Å²) in [6, 6.07) is 8.23. The zero-order valence-electron chi connectivity index (χ0n) is 12.4. The fourth-order valence-corrected chi connectivity index (χ4v) is 2.69. The predicted octanol–water partition coefficient (Wildman–Crippen LogP) is 3.09. The molecule has 1 amide bonds. The Bertz CT molecular complexity index is 813. The van der Waals surface area contributed by atoms with Gasteiger partial charge in [-0.15, -0.1) is 0 Å². The van der Waals surface area contributed by atoms with Crippen molar-refractivity contribution in [2.75, 3.05) is 16.8 Å². The summed E-state index contributed by atoms with van der Waals surface area (Å²) in [5.41, 5.74) is -0.234. The first-order chi connectivity index (χ1) is 11.5. The minimum absolute atomic E-state index is 0.0510. The number of para-hydroxylation sites is 1. The lowest BCUT2D eigenvalue weighted by Gasteiger charge is -2.18.